The quantitative estimate of drug-likeness (QED) is 0.904. The number of nitrogens with zero attached hydrogens (tertiary/aromatic N) is 1. The summed E-state index contributed by atoms with van der Waals surface area (Å²) in [5.74, 6) is -1.93. The lowest BCUT2D eigenvalue weighted by atomic mass is 9.96. The van der Waals surface area contributed by atoms with Crippen LogP contribution >= 0.6 is 11.3 Å². The second-order valence-electron chi connectivity index (χ2n) is 3.96. The van der Waals surface area contributed by atoms with Crippen LogP contribution in [0.5, 0.6) is 0 Å². The van der Waals surface area contributed by atoms with Crippen molar-refractivity contribution in [1.29, 1.82) is 0 Å². The molecule has 0 bridgehead atoms. The van der Waals surface area contributed by atoms with Crippen LogP contribution in [-0.4, -0.2) is 16.1 Å². The predicted octanol–water partition coefficient (Wildman–Crippen LogP) is 2.77. The number of rotatable bonds is 5. The maximum atomic E-state index is 13.5. The van der Waals surface area contributed by atoms with Crippen molar-refractivity contribution in [3.63, 3.8) is 0 Å². The Hall–Kier alpha value is -1.75. The predicted molar refractivity (Wildman–Crippen MR) is 67.0 cm³/mol. The number of carboxylic acid groups (broad SMARTS) is 1. The van der Waals surface area contributed by atoms with Crippen LogP contribution in [0.15, 0.2) is 35.8 Å². The van der Waals surface area contributed by atoms with Crippen molar-refractivity contribution in [3.05, 3.63) is 52.2 Å². The Morgan fingerprint density at radius 2 is 2.17 bits per heavy atom. The molecular weight excluding hydrogens is 253 g/mol. The summed E-state index contributed by atoms with van der Waals surface area (Å²) in [6, 6.07) is 6.26. The molecule has 0 saturated carbocycles. The molecule has 3 nitrogen and oxygen atoms in total. The lowest BCUT2D eigenvalue weighted by Gasteiger charge is -2.11. The lowest BCUT2D eigenvalue weighted by Crippen LogP contribution is -2.19. The van der Waals surface area contributed by atoms with E-state index in [1.165, 1.54) is 17.4 Å². The molecule has 0 aliphatic carbocycles. The maximum absolute atomic E-state index is 13.5. The SMILES string of the molecule is O=C(O)C(Cc1nccs1)Cc1ccccc1F. The maximum Gasteiger partial charge on any atom is 0.307 e. The number of aromatic nitrogens is 1. The van der Waals surface area contributed by atoms with Crippen molar-refractivity contribution in [2.24, 2.45) is 5.92 Å². The first-order valence-electron chi connectivity index (χ1n) is 5.51. The molecule has 1 N–H and O–H groups in total. The molecule has 18 heavy (non-hydrogen) atoms. The highest BCUT2D eigenvalue weighted by atomic mass is 32.1. The first kappa shape index (κ1) is 12.7. The first-order valence-corrected chi connectivity index (χ1v) is 6.39. The molecule has 0 radical (unpaired) electrons. The number of carboxylic acids is 1. The summed E-state index contributed by atoms with van der Waals surface area (Å²) in [5, 5.41) is 11.7. The van der Waals surface area contributed by atoms with Crippen molar-refractivity contribution in [2.75, 3.05) is 0 Å². The summed E-state index contributed by atoms with van der Waals surface area (Å²) < 4.78 is 13.5. The molecule has 1 atom stereocenters. The van der Waals surface area contributed by atoms with Gasteiger partial charge >= 0.3 is 5.97 Å². The Morgan fingerprint density at radius 1 is 1.39 bits per heavy atom. The normalized spacial score (nSPS) is 12.3. The Labute approximate surface area is 108 Å². The van der Waals surface area contributed by atoms with Gasteiger partial charge in [0.15, 0.2) is 0 Å². The van der Waals surface area contributed by atoms with Gasteiger partial charge in [0, 0.05) is 18.0 Å². The van der Waals surface area contributed by atoms with Crippen molar-refractivity contribution in [1.82, 2.24) is 4.98 Å². The molecule has 5 heteroatoms. The van der Waals surface area contributed by atoms with Crippen molar-refractivity contribution in [2.45, 2.75) is 12.8 Å². The Balaban J connectivity index is 2.12. The molecule has 94 valence electrons. The van der Waals surface area contributed by atoms with Gasteiger partial charge in [-0.1, -0.05) is 18.2 Å². The van der Waals surface area contributed by atoms with Gasteiger partial charge in [-0.3, -0.25) is 4.79 Å². The van der Waals surface area contributed by atoms with E-state index in [1.807, 2.05) is 0 Å². The highest BCUT2D eigenvalue weighted by molar-refractivity contribution is 7.09. The largest absolute Gasteiger partial charge is 0.481 e. The van der Waals surface area contributed by atoms with Crippen LogP contribution in [0.3, 0.4) is 0 Å². The second-order valence-corrected chi connectivity index (χ2v) is 4.94. The topological polar surface area (TPSA) is 50.2 Å². The molecule has 1 heterocycles. The molecule has 0 aliphatic heterocycles. The van der Waals surface area contributed by atoms with Gasteiger partial charge < -0.3 is 5.11 Å². The smallest absolute Gasteiger partial charge is 0.307 e. The van der Waals surface area contributed by atoms with E-state index in [4.69, 9.17) is 0 Å². The van der Waals surface area contributed by atoms with Crippen molar-refractivity contribution in [3.8, 4) is 0 Å². The molecule has 0 spiro atoms. The van der Waals surface area contributed by atoms with Gasteiger partial charge in [0.25, 0.3) is 0 Å². The molecular formula is C13H12FNO2S. The number of hydrogen-bond acceptors (Lipinski definition) is 3. The number of thiazole rings is 1. The van der Waals surface area contributed by atoms with Gasteiger partial charge in [0.05, 0.1) is 10.9 Å². The third-order valence-electron chi connectivity index (χ3n) is 2.68. The zero-order chi connectivity index (χ0) is 13.0. The minimum atomic E-state index is -0.923. The fourth-order valence-electron chi connectivity index (χ4n) is 1.74. The third-order valence-corrected chi connectivity index (χ3v) is 3.48. The van der Waals surface area contributed by atoms with Gasteiger partial charge in [-0.2, -0.15) is 0 Å². The average Bonchev–Trinajstić information content (AvgIpc) is 2.83. The molecule has 0 saturated heterocycles. The van der Waals surface area contributed by atoms with Crippen LogP contribution in [0.2, 0.25) is 0 Å². The van der Waals surface area contributed by atoms with E-state index in [0.717, 1.165) is 5.01 Å². The summed E-state index contributed by atoms with van der Waals surface area (Å²) in [4.78, 5) is 15.3. The van der Waals surface area contributed by atoms with Crippen LogP contribution in [0.4, 0.5) is 4.39 Å². The average molecular weight is 265 g/mol. The zero-order valence-electron chi connectivity index (χ0n) is 9.54. The minimum absolute atomic E-state index is 0.182. The molecule has 2 aromatic rings. The second kappa shape index (κ2) is 5.73. The lowest BCUT2D eigenvalue weighted by molar-refractivity contribution is -0.141. The fraction of sp³-hybridized carbons (Fsp3) is 0.231. The van der Waals surface area contributed by atoms with Crippen molar-refractivity contribution < 1.29 is 14.3 Å². The van der Waals surface area contributed by atoms with E-state index in [-0.39, 0.29) is 12.2 Å². The molecule has 0 amide bonds. The van der Waals surface area contributed by atoms with Crippen LogP contribution in [0, 0.1) is 11.7 Å². The Morgan fingerprint density at radius 3 is 2.78 bits per heavy atom. The fourth-order valence-corrected chi connectivity index (χ4v) is 2.44. The van der Waals surface area contributed by atoms with E-state index < -0.39 is 11.9 Å². The number of carbonyl (C=O) groups is 1. The summed E-state index contributed by atoms with van der Waals surface area (Å²) in [6.45, 7) is 0. The van der Waals surface area contributed by atoms with Crippen LogP contribution in [0.25, 0.3) is 0 Å². The highest BCUT2D eigenvalue weighted by Gasteiger charge is 2.21. The van der Waals surface area contributed by atoms with Gasteiger partial charge in [0.2, 0.25) is 0 Å². The van der Waals surface area contributed by atoms with Crippen LogP contribution in [0.1, 0.15) is 10.6 Å². The minimum Gasteiger partial charge on any atom is -0.481 e. The number of halogens is 1. The van der Waals surface area contributed by atoms with Crippen molar-refractivity contribution >= 4 is 17.3 Å². The molecule has 0 fully saturated rings. The summed E-state index contributed by atoms with van der Waals surface area (Å²) in [5.41, 5.74) is 0.432. The molecule has 0 aliphatic rings. The number of hydrogen-bond donors (Lipinski definition) is 1. The number of benzene rings is 1. The Kier molecular flexibility index (Phi) is 4.04. The summed E-state index contributed by atoms with van der Waals surface area (Å²) in [6.07, 6.45) is 2.16. The molecule has 2 rings (SSSR count). The zero-order valence-corrected chi connectivity index (χ0v) is 10.4. The monoisotopic (exact) mass is 265 g/mol. The molecule has 1 aromatic heterocycles. The summed E-state index contributed by atoms with van der Waals surface area (Å²) in [7, 11) is 0. The molecule has 1 aromatic carbocycles. The first-order chi connectivity index (χ1) is 8.66. The van der Waals surface area contributed by atoms with Gasteiger partial charge in [-0.25, -0.2) is 9.37 Å². The van der Waals surface area contributed by atoms with Gasteiger partial charge in [-0.05, 0) is 18.1 Å². The molecule has 1 unspecified atom stereocenters. The van der Waals surface area contributed by atoms with E-state index in [1.54, 1.807) is 29.8 Å². The third kappa shape index (κ3) is 3.13. The van der Waals surface area contributed by atoms with Crippen LogP contribution < -0.4 is 0 Å². The van der Waals surface area contributed by atoms with E-state index in [2.05, 4.69) is 4.98 Å². The van der Waals surface area contributed by atoms with Gasteiger partial charge in [-0.15, -0.1) is 11.3 Å². The van der Waals surface area contributed by atoms with E-state index in [9.17, 15) is 14.3 Å². The van der Waals surface area contributed by atoms with E-state index >= 15 is 0 Å². The van der Waals surface area contributed by atoms with Crippen LogP contribution in [-0.2, 0) is 17.6 Å². The number of aliphatic carboxylic acids is 1. The Bertz CT molecular complexity index is 528. The highest BCUT2D eigenvalue weighted by Crippen LogP contribution is 2.18. The van der Waals surface area contributed by atoms with Gasteiger partial charge in [0.1, 0.15) is 5.82 Å². The summed E-state index contributed by atoms with van der Waals surface area (Å²) >= 11 is 1.42. The van der Waals surface area contributed by atoms with E-state index in [0.29, 0.717) is 12.0 Å². The standard InChI is InChI=1S/C13H12FNO2S/c14-11-4-2-1-3-9(11)7-10(13(16)17)8-12-15-5-6-18-12/h1-6,10H,7-8H2,(H,16,17).